The maximum atomic E-state index is 11.2. The number of Topliss-reactive ketones (excluding diaryl/α,β-unsaturated/α-hetero) is 1. The molecule has 0 N–H and O–H groups in total. The Balaban J connectivity index is 2.37. The highest BCUT2D eigenvalue weighted by Gasteiger charge is 2.02. The quantitative estimate of drug-likeness (QED) is 0.732. The lowest BCUT2D eigenvalue weighted by Gasteiger charge is -2.19. The predicted molar refractivity (Wildman–Crippen MR) is 69.0 cm³/mol. The van der Waals surface area contributed by atoms with E-state index < -0.39 is 0 Å². The number of benzene rings is 1. The summed E-state index contributed by atoms with van der Waals surface area (Å²) in [7, 11) is 2.07. The SMILES string of the molecule is CCC(=O)CCCN(C)c1ccc(C)cc1. The molecule has 0 fully saturated rings. The first kappa shape index (κ1) is 12.8. The topological polar surface area (TPSA) is 20.3 Å². The number of anilines is 1. The molecule has 88 valence electrons. The zero-order valence-corrected chi connectivity index (χ0v) is 10.5. The second-order valence-electron chi connectivity index (χ2n) is 4.25. The Bertz CT molecular complexity index is 329. The van der Waals surface area contributed by atoms with E-state index in [2.05, 4.69) is 43.1 Å². The normalized spacial score (nSPS) is 10.2. The van der Waals surface area contributed by atoms with E-state index in [0.29, 0.717) is 18.6 Å². The minimum Gasteiger partial charge on any atom is -0.375 e. The highest BCUT2D eigenvalue weighted by molar-refractivity contribution is 5.77. The summed E-state index contributed by atoms with van der Waals surface area (Å²) in [5.74, 6) is 0.359. The van der Waals surface area contributed by atoms with Crippen molar-refractivity contribution in [3.63, 3.8) is 0 Å². The largest absolute Gasteiger partial charge is 0.375 e. The lowest BCUT2D eigenvalue weighted by atomic mass is 10.1. The van der Waals surface area contributed by atoms with Crippen molar-refractivity contribution in [2.24, 2.45) is 0 Å². The van der Waals surface area contributed by atoms with Gasteiger partial charge in [0, 0.05) is 32.1 Å². The molecular weight excluding hydrogens is 198 g/mol. The predicted octanol–water partition coefficient (Wildman–Crippen LogP) is 3.19. The molecule has 1 aromatic carbocycles. The van der Waals surface area contributed by atoms with Gasteiger partial charge in [-0.2, -0.15) is 0 Å². The van der Waals surface area contributed by atoms with Crippen LogP contribution in [0.25, 0.3) is 0 Å². The van der Waals surface area contributed by atoms with Crippen molar-refractivity contribution in [2.45, 2.75) is 33.1 Å². The number of aryl methyl sites for hydroxylation is 1. The van der Waals surface area contributed by atoms with Crippen LogP contribution in [0.5, 0.6) is 0 Å². The summed E-state index contributed by atoms with van der Waals surface area (Å²) in [6.07, 6.45) is 2.30. The Morgan fingerprint density at radius 2 is 1.88 bits per heavy atom. The van der Waals surface area contributed by atoms with Crippen molar-refractivity contribution < 1.29 is 4.79 Å². The summed E-state index contributed by atoms with van der Waals surface area (Å²) in [6.45, 7) is 4.95. The molecule has 0 amide bonds. The second kappa shape index (κ2) is 6.31. The van der Waals surface area contributed by atoms with E-state index in [4.69, 9.17) is 0 Å². The van der Waals surface area contributed by atoms with E-state index in [9.17, 15) is 4.79 Å². The fourth-order valence-electron chi connectivity index (χ4n) is 1.62. The van der Waals surface area contributed by atoms with Gasteiger partial charge in [0.2, 0.25) is 0 Å². The highest BCUT2D eigenvalue weighted by Crippen LogP contribution is 2.13. The molecule has 0 aromatic heterocycles. The number of hydrogen-bond acceptors (Lipinski definition) is 2. The summed E-state index contributed by atoms with van der Waals surface area (Å²) in [6, 6.07) is 8.47. The number of rotatable bonds is 6. The maximum absolute atomic E-state index is 11.2. The van der Waals surface area contributed by atoms with Crippen LogP contribution in [-0.2, 0) is 4.79 Å². The van der Waals surface area contributed by atoms with Crippen molar-refractivity contribution in [2.75, 3.05) is 18.5 Å². The standard InChI is InChI=1S/C14H21NO/c1-4-14(16)6-5-11-15(3)13-9-7-12(2)8-10-13/h7-10H,4-6,11H2,1-3H3. The van der Waals surface area contributed by atoms with E-state index in [1.807, 2.05) is 6.92 Å². The lowest BCUT2D eigenvalue weighted by Crippen LogP contribution is -2.19. The van der Waals surface area contributed by atoms with E-state index >= 15 is 0 Å². The fraction of sp³-hybridized carbons (Fsp3) is 0.500. The van der Waals surface area contributed by atoms with E-state index in [-0.39, 0.29) is 0 Å². The molecule has 0 radical (unpaired) electrons. The molecule has 0 saturated heterocycles. The van der Waals surface area contributed by atoms with E-state index in [1.165, 1.54) is 11.3 Å². The van der Waals surface area contributed by atoms with Gasteiger partial charge in [0.15, 0.2) is 0 Å². The van der Waals surface area contributed by atoms with Gasteiger partial charge in [-0.25, -0.2) is 0 Å². The van der Waals surface area contributed by atoms with E-state index in [0.717, 1.165) is 13.0 Å². The van der Waals surface area contributed by atoms with Crippen molar-refractivity contribution in [3.8, 4) is 0 Å². The molecule has 0 spiro atoms. The minimum absolute atomic E-state index is 0.359. The average Bonchev–Trinajstić information content (AvgIpc) is 2.29. The molecule has 0 aliphatic carbocycles. The van der Waals surface area contributed by atoms with Gasteiger partial charge in [-0.15, -0.1) is 0 Å². The molecule has 0 unspecified atom stereocenters. The van der Waals surface area contributed by atoms with Crippen LogP contribution in [-0.4, -0.2) is 19.4 Å². The van der Waals surface area contributed by atoms with Crippen LogP contribution in [0.2, 0.25) is 0 Å². The van der Waals surface area contributed by atoms with Gasteiger partial charge >= 0.3 is 0 Å². The maximum Gasteiger partial charge on any atom is 0.132 e. The molecule has 0 aliphatic rings. The zero-order valence-electron chi connectivity index (χ0n) is 10.5. The third-order valence-corrected chi connectivity index (χ3v) is 2.82. The summed E-state index contributed by atoms with van der Waals surface area (Å²) in [4.78, 5) is 13.4. The monoisotopic (exact) mass is 219 g/mol. The van der Waals surface area contributed by atoms with Gasteiger partial charge in [0.1, 0.15) is 5.78 Å². The number of nitrogens with zero attached hydrogens (tertiary/aromatic N) is 1. The second-order valence-corrected chi connectivity index (χ2v) is 4.25. The number of hydrogen-bond donors (Lipinski definition) is 0. The molecule has 0 bridgehead atoms. The third kappa shape index (κ3) is 4.05. The van der Waals surface area contributed by atoms with Crippen molar-refractivity contribution in [3.05, 3.63) is 29.8 Å². The van der Waals surface area contributed by atoms with Crippen molar-refractivity contribution in [1.82, 2.24) is 0 Å². The molecule has 16 heavy (non-hydrogen) atoms. The number of carbonyl (C=O) groups is 1. The Kier molecular flexibility index (Phi) is 5.03. The molecule has 2 heteroatoms. The lowest BCUT2D eigenvalue weighted by molar-refractivity contribution is -0.118. The Morgan fingerprint density at radius 3 is 2.44 bits per heavy atom. The van der Waals surface area contributed by atoms with Crippen LogP contribution in [0, 0.1) is 6.92 Å². The average molecular weight is 219 g/mol. The smallest absolute Gasteiger partial charge is 0.132 e. The molecule has 0 aliphatic heterocycles. The molecule has 2 nitrogen and oxygen atoms in total. The van der Waals surface area contributed by atoms with Crippen LogP contribution in [0.1, 0.15) is 31.7 Å². The Labute approximate surface area is 98.3 Å². The molecule has 1 aromatic rings. The van der Waals surface area contributed by atoms with E-state index in [1.54, 1.807) is 0 Å². The number of carbonyl (C=O) groups excluding carboxylic acids is 1. The van der Waals surface area contributed by atoms with Crippen LogP contribution < -0.4 is 4.90 Å². The summed E-state index contributed by atoms with van der Waals surface area (Å²) >= 11 is 0. The molecular formula is C14H21NO. The van der Waals surface area contributed by atoms with Gasteiger partial charge in [-0.3, -0.25) is 4.79 Å². The molecule has 0 saturated carbocycles. The third-order valence-electron chi connectivity index (χ3n) is 2.82. The van der Waals surface area contributed by atoms with Crippen molar-refractivity contribution >= 4 is 11.5 Å². The first-order valence-electron chi connectivity index (χ1n) is 5.93. The molecule has 1 rings (SSSR count). The fourth-order valence-corrected chi connectivity index (χ4v) is 1.62. The van der Waals surface area contributed by atoms with Gasteiger partial charge < -0.3 is 4.90 Å². The van der Waals surface area contributed by atoms with Crippen LogP contribution in [0.4, 0.5) is 5.69 Å². The van der Waals surface area contributed by atoms with Crippen LogP contribution in [0.3, 0.4) is 0 Å². The Hall–Kier alpha value is -1.31. The zero-order chi connectivity index (χ0) is 12.0. The first-order chi connectivity index (χ1) is 7.63. The van der Waals surface area contributed by atoms with Gasteiger partial charge in [-0.05, 0) is 25.5 Å². The first-order valence-corrected chi connectivity index (χ1v) is 5.93. The summed E-state index contributed by atoms with van der Waals surface area (Å²) in [5.41, 5.74) is 2.49. The van der Waals surface area contributed by atoms with Gasteiger partial charge in [-0.1, -0.05) is 24.6 Å². The number of ketones is 1. The minimum atomic E-state index is 0.359. The van der Waals surface area contributed by atoms with Gasteiger partial charge in [0.05, 0.1) is 0 Å². The summed E-state index contributed by atoms with van der Waals surface area (Å²) in [5, 5.41) is 0. The summed E-state index contributed by atoms with van der Waals surface area (Å²) < 4.78 is 0. The molecule has 0 heterocycles. The van der Waals surface area contributed by atoms with Crippen LogP contribution in [0.15, 0.2) is 24.3 Å². The van der Waals surface area contributed by atoms with Gasteiger partial charge in [0.25, 0.3) is 0 Å². The highest BCUT2D eigenvalue weighted by atomic mass is 16.1. The van der Waals surface area contributed by atoms with Crippen molar-refractivity contribution in [1.29, 1.82) is 0 Å². The molecule has 0 atom stereocenters. The Morgan fingerprint density at radius 1 is 1.25 bits per heavy atom. The van der Waals surface area contributed by atoms with Crippen LogP contribution >= 0.6 is 0 Å².